The Bertz CT molecular complexity index is 495. The first kappa shape index (κ1) is 16.2. The molecule has 116 valence electrons. The van der Waals surface area contributed by atoms with Gasteiger partial charge in [0.2, 0.25) is 5.91 Å². The van der Waals surface area contributed by atoms with Crippen LogP contribution in [0.1, 0.15) is 31.7 Å². The quantitative estimate of drug-likeness (QED) is 0.905. The molecule has 1 saturated heterocycles. The summed E-state index contributed by atoms with van der Waals surface area (Å²) in [6.07, 6.45) is 2.66. The monoisotopic (exact) mass is 312 g/mol. The smallest absolute Gasteiger partial charge is 0.230 e. The molecule has 21 heavy (non-hydrogen) atoms. The maximum Gasteiger partial charge on any atom is 0.230 e. The van der Waals surface area contributed by atoms with Crippen molar-refractivity contribution in [2.75, 3.05) is 20.1 Å². The minimum absolute atomic E-state index is 0.0775. The average Bonchev–Trinajstić information content (AvgIpc) is 2.92. The zero-order valence-corrected chi connectivity index (χ0v) is 13.3. The predicted octanol–water partition coefficient (Wildman–Crippen LogP) is 3.22. The molecule has 1 N–H and O–H groups in total. The Kier molecular flexibility index (Phi) is 5.22. The van der Waals surface area contributed by atoms with Crippen molar-refractivity contribution in [3.05, 3.63) is 34.6 Å². The summed E-state index contributed by atoms with van der Waals surface area (Å²) < 4.78 is 13.9. The van der Waals surface area contributed by atoms with Gasteiger partial charge in [0, 0.05) is 30.7 Å². The van der Waals surface area contributed by atoms with E-state index in [2.05, 4.69) is 12.2 Å². The average molecular weight is 313 g/mol. The molecule has 0 spiro atoms. The second-order valence-electron chi connectivity index (χ2n) is 5.82. The molecule has 1 fully saturated rings. The number of amides is 1. The number of rotatable bonds is 5. The molecule has 1 aliphatic heterocycles. The normalized spacial score (nSPS) is 21.5. The summed E-state index contributed by atoms with van der Waals surface area (Å²) in [4.78, 5) is 14.4. The Morgan fingerprint density at radius 2 is 2.29 bits per heavy atom. The van der Waals surface area contributed by atoms with Crippen LogP contribution in [0.5, 0.6) is 0 Å². The van der Waals surface area contributed by atoms with E-state index in [9.17, 15) is 9.18 Å². The van der Waals surface area contributed by atoms with E-state index in [0.717, 1.165) is 25.8 Å². The Morgan fingerprint density at radius 3 is 2.86 bits per heavy atom. The standard InChI is InChI=1S/C16H22ClFN2O/c1-3-7-16(8-9-19-11-16)15(21)20(2)10-12-13(17)5-4-6-14(12)18/h4-6,19H,3,7-11H2,1-2H3. The molecule has 1 amide bonds. The summed E-state index contributed by atoms with van der Waals surface area (Å²) in [6, 6.07) is 4.60. The fourth-order valence-electron chi connectivity index (χ4n) is 3.12. The van der Waals surface area contributed by atoms with Crippen LogP contribution < -0.4 is 5.32 Å². The van der Waals surface area contributed by atoms with Gasteiger partial charge in [0.15, 0.2) is 0 Å². The minimum Gasteiger partial charge on any atom is -0.341 e. The maximum atomic E-state index is 13.9. The third-order valence-corrected chi connectivity index (χ3v) is 4.58. The molecule has 5 heteroatoms. The van der Waals surface area contributed by atoms with Crippen molar-refractivity contribution < 1.29 is 9.18 Å². The Morgan fingerprint density at radius 1 is 1.52 bits per heavy atom. The topological polar surface area (TPSA) is 32.3 Å². The van der Waals surface area contributed by atoms with Crippen LogP contribution in [0.25, 0.3) is 0 Å². The third-order valence-electron chi connectivity index (χ3n) is 4.23. The molecule has 0 aromatic heterocycles. The molecule has 1 atom stereocenters. The van der Waals surface area contributed by atoms with Gasteiger partial charge in [0.25, 0.3) is 0 Å². The summed E-state index contributed by atoms with van der Waals surface area (Å²) >= 11 is 6.04. The summed E-state index contributed by atoms with van der Waals surface area (Å²) in [7, 11) is 1.72. The van der Waals surface area contributed by atoms with Crippen molar-refractivity contribution in [3.63, 3.8) is 0 Å². The lowest BCUT2D eigenvalue weighted by Gasteiger charge is -2.32. The number of carbonyl (C=O) groups is 1. The zero-order valence-electron chi connectivity index (χ0n) is 12.6. The molecule has 1 aromatic carbocycles. The number of nitrogens with one attached hydrogen (secondary N) is 1. The van der Waals surface area contributed by atoms with Gasteiger partial charge < -0.3 is 10.2 Å². The molecule has 2 rings (SSSR count). The summed E-state index contributed by atoms with van der Waals surface area (Å²) in [6.45, 7) is 3.85. The van der Waals surface area contributed by atoms with Crippen LogP contribution in [0.4, 0.5) is 4.39 Å². The second kappa shape index (κ2) is 6.75. The van der Waals surface area contributed by atoms with E-state index < -0.39 is 0 Å². The van der Waals surface area contributed by atoms with E-state index in [1.165, 1.54) is 6.07 Å². The number of carbonyl (C=O) groups excluding carboxylic acids is 1. The lowest BCUT2D eigenvalue weighted by atomic mass is 9.81. The fraction of sp³-hybridized carbons (Fsp3) is 0.562. The molecule has 0 radical (unpaired) electrons. The highest BCUT2D eigenvalue weighted by molar-refractivity contribution is 6.31. The predicted molar refractivity (Wildman–Crippen MR) is 82.7 cm³/mol. The van der Waals surface area contributed by atoms with Crippen molar-refractivity contribution in [2.45, 2.75) is 32.7 Å². The van der Waals surface area contributed by atoms with Crippen molar-refractivity contribution >= 4 is 17.5 Å². The van der Waals surface area contributed by atoms with E-state index in [-0.39, 0.29) is 23.7 Å². The molecule has 1 unspecified atom stereocenters. The SMILES string of the molecule is CCCC1(C(=O)N(C)Cc2c(F)cccc2Cl)CCNC1. The fourth-order valence-corrected chi connectivity index (χ4v) is 3.35. The van der Waals surface area contributed by atoms with E-state index in [1.54, 1.807) is 24.1 Å². The van der Waals surface area contributed by atoms with Gasteiger partial charge in [-0.05, 0) is 31.5 Å². The number of halogens is 2. The van der Waals surface area contributed by atoms with Gasteiger partial charge >= 0.3 is 0 Å². The Balaban J connectivity index is 2.15. The first-order chi connectivity index (χ1) is 10.00. The minimum atomic E-state index is -0.365. The van der Waals surface area contributed by atoms with E-state index in [0.29, 0.717) is 17.1 Å². The molecule has 0 aliphatic carbocycles. The first-order valence-corrected chi connectivity index (χ1v) is 7.77. The maximum absolute atomic E-state index is 13.9. The largest absolute Gasteiger partial charge is 0.341 e. The van der Waals surface area contributed by atoms with Crippen LogP contribution in [0.15, 0.2) is 18.2 Å². The van der Waals surface area contributed by atoms with Crippen molar-refractivity contribution in [2.24, 2.45) is 5.41 Å². The molecule has 1 aromatic rings. The molecule has 1 heterocycles. The van der Waals surface area contributed by atoms with Gasteiger partial charge in [-0.2, -0.15) is 0 Å². The molecule has 0 bridgehead atoms. The highest BCUT2D eigenvalue weighted by Crippen LogP contribution is 2.34. The number of nitrogens with zero attached hydrogens (tertiary/aromatic N) is 1. The van der Waals surface area contributed by atoms with Gasteiger partial charge in [0.1, 0.15) is 5.82 Å². The van der Waals surface area contributed by atoms with Crippen molar-refractivity contribution in [1.29, 1.82) is 0 Å². The van der Waals surface area contributed by atoms with Crippen molar-refractivity contribution in [1.82, 2.24) is 10.2 Å². The van der Waals surface area contributed by atoms with Crippen LogP contribution in [0.2, 0.25) is 5.02 Å². The van der Waals surface area contributed by atoms with Crippen molar-refractivity contribution in [3.8, 4) is 0 Å². The number of benzene rings is 1. The third kappa shape index (κ3) is 3.38. The number of hydrogen-bond acceptors (Lipinski definition) is 2. The molecular weight excluding hydrogens is 291 g/mol. The van der Waals surface area contributed by atoms with Gasteiger partial charge in [-0.25, -0.2) is 4.39 Å². The van der Waals surface area contributed by atoms with E-state index in [1.807, 2.05) is 0 Å². The van der Waals surface area contributed by atoms with Crippen LogP contribution in [0.3, 0.4) is 0 Å². The van der Waals surface area contributed by atoms with Crippen LogP contribution >= 0.6 is 11.6 Å². The van der Waals surface area contributed by atoms with E-state index in [4.69, 9.17) is 11.6 Å². The summed E-state index contributed by atoms with van der Waals surface area (Å²) in [5.74, 6) is -0.287. The van der Waals surface area contributed by atoms with Crippen LogP contribution in [0, 0.1) is 11.2 Å². The summed E-state index contributed by atoms with van der Waals surface area (Å²) in [5.41, 5.74) is 0.0361. The molecule has 0 saturated carbocycles. The highest BCUT2D eigenvalue weighted by Gasteiger charge is 2.41. The lowest BCUT2D eigenvalue weighted by Crippen LogP contribution is -2.43. The second-order valence-corrected chi connectivity index (χ2v) is 6.23. The van der Waals surface area contributed by atoms with Gasteiger partial charge in [-0.1, -0.05) is 31.0 Å². The molecule has 1 aliphatic rings. The molecule has 3 nitrogen and oxygen atoms in total. The van der Waals surface area contributed by atoms with Crippen LogP contribution in [-0.2, 0) is 11.3 Å². The Labute approximate surface area is 130 Å². The lowest BCUT2D eigenvalue weighted by molar-refractivity contribution is -0.140. The van der Waals surface area contributed by atoms with Gasteiger partial charge in [-0.15, -0.1) is 0 Å². The van der Waals surface area contributed by atoms with Gasteiger partial charge in [-0.3, -0.25) is 4.79 Å². The first-order valence-electron chi connectivity index (χ1n) is 7.39. The van der Waals surface area contributed by atoms with E-state index >= 15 is 0 Å². The molecular formula is C16H22ClFN2O. The zero-order chi connectivity index (χ0) is 15.5. The Hall–Kier alpha value is -1.13. The van der Waals surface area contributed by atoms with Gasteiger partial charge in [0.05, 0.1) is 5.41 Å². The summed E-state index contributed by atoms with van der Waals surface area (Å²) in [5, 5.41) is 3.64. The number of hydrogen-bond donors (Lipinski definition) is 1. The van der Waals surface area contributed by atoms with Crippen LogP contribution in [-0.4, -0.2) is 30.9 Å². The highest BCUT2D eigenvalue weighted by atomic mass is 35.5.